The molecule has 4 rings (SSSR count). The number of rotatable bonds is 6. The predicted molar refractivity (Wildman–Crippen MR) is 140 cm³/mol. The van der Waals surface area contributed by atoms with Crippen molar-refractivity contribution >= 4 is 60.4 Å². The van der Waals surface area contributed by atoms with E-state index in [4.69, 9.17) is 21.6 Å². The van der Waals surface area contributed by atoms with Gasteiger partial charge >= 0.3 is 208 Å². The van der Waals surface area contributed by atoms with Crippen molar-refractivity contribution in [1.29, 1.82) is 0 Å². The van der Waals surface area contributed by atoms with Gasteiger partial charge in [-0.15, -0.1) is 0 Å². The molecular formula is C25H31AsClN5O. The van der Waals surface area contributed by atoms with Crippen LogP contribution in [0.2, 0.25) is 9.73 Å². The van der Waals surface area contributed by atoms with Gasteiger partial charge in [0.25, 0.3) is 0 Å². The predicted octanol–water partition coefficient (Wildman–Crippen LogP) is 4.52. The van der Waals surface area contributed by atoms with Crippen molar-refractivity contribution in [2.24, 2.45) is 5.92 Å². The third kappa shape index (κ3) is 5.99. The molecule has 0 radical (unpaired) electrons. The normalized spacial score (nSPS) is 18.5. The molecule has 1 heterocycles. The van der Waals surface area contributed by atoms with Crippen LogP contribution in [0.25, 0.3) is 10.9 Å². The molecule has 2 amide bonds. The van der Waals surface area contributed by atoms with E-state index in [2.05, 4.69) is 27.7 Å². The molecule has 0 bridgehead atoms. The Labute approximate surface area is 207 Å². The molecule has 6 nitrogen and oxygen atoms in total. The summed E-state index contributed by atoms with van der Waals surface area (Å²) in [6, 6.07) is 13.6. The number of halogens is 1. The van der Waals surface area contributed by atoms with Crippen LogP contribution in [-0.4, -0.2) is 52.4 Å². The molecule has 1 saturated carbocycles. The molecular weight excluding hydrogens is 497 g/mol. The van der Waals surface area contributed by atoms with Crippen LogP contribution in [-0.2, 0) is 0 Å². The van der Waals surface area contributed by atoms with E-state index in [0.29, 0.717) is 22.2 Å². The standard InChI is InChI=1S/C25H31AsClN5O/c1-16-20(27)8-6-10-21(16)30-25(33)28-15-17-11-13-18(14-12-17)26-24-29-22-9-5-4-7-19(22)23(31-24)32(2)3/h4-10,17-18,26H,11-15H2,1-3H3,(H2,28,30,33)/t17-,18+. The van der Waals surface area contributed by atoms with Crippen molar-refractivity contribution in [3.05, 3.63) is 53.1 Å². The van der Waals surface area contributed by atoms with Crippen molar-refractivity contribution in [3.63, 3.8) is 0 Å². The van der Waals surface area contributed by atoms with Gasteiger partial charge in [-0.2, -0.15) is 0 Å². The first-order chi connectivity index (χ1) is 15.9. The van der Waals surface area contributed by atoms with Crippen LogP contribution in [0.1, 0.15) is 31.2 Å². The quantitative estimate of drug-likeness (QED) is 0.463. The fourth-order valence-electron chi connectivity index (χ4n) is 4.31. The molecule has 1 fully saturated rings. The zero-order valence-electron chi connectivity index (χ0n) is 19.4. The second-order valence-corrected chi connectivity index (χ2v) is 12.6. The number of nitrogens with zero attached hydrogens (tertiary/aromatic N) is 3. The van der Waals surface area contributed by atoms with Crippen LogP contribution in [0.3, 0.4) is 0 Å². The van der Waals surface area contributed by atoms with Crippen molar-refractivity contribution in [1.82, 2.24) is 15.3 Å². The molecule has 2 N–H and O–H groups in total. The van der Waals surface area contributed by atoms with Gasteiger partial charge in [0.2, 0.25) is 0 Å². The van der Waals surface area contributed by atoms with Gasteiger partial charge < -0.3 is 0 Å². The Morgan fingerprint density at radius 2 is 1.85 bits per heavy atom. The summed E-state index contributed by atoms with van der Waals surface area (Å²) in [4.78, 5) is 24.2. The number of para-hydroxylation sites is 1. The number of carbonyl (C=O) groups excluding carboxylic acids is 1. The molecule has 2 aromatic carbocycles. The second-order valence-electron chi connectivity index (χ2n) is 8.89. The van der Waals surface area contributed by atoms with Crippen LogP contribution in [0.15, 0.2) is 42.5 Å². The molecule has 0 saturated heterocycles. The zero-order valence-corrected chi connectivity index (χ0v) is 22.2. The minimum absolute atomic E-state index is 0.170. The van der Waals surface area contributed by atoms with Crippen molar-refractivity contribution in [2.45, 2.75) is 37.3 Å². The van der Waals surface area contributed by atoms with E-state index in [1.165, 1.54) is 12.8 Å². The molecule has 33 heavy (non-hydrogen) atoms. The third-order valence-corrected chi connectivity index (χ3v) is 9.74. The summed E-state index contributed by atoms with van der Waals surface area (Å²) in [7, 11) is 4.08. The molecule has 1 aliphatic rings. The van der Waals surface area contributed by atoms with Gasteiger partial charge in [0, 0.05) is 0 Å². The fraction of sp³-hybridized carbons (Fsp3) is 0.400. The molecule has 1 unspecified atom stereocenters. The SMILES string of the molecule is Cc1c(Cl)cccc1NC(=O)NC[C@H]1CC[C@@H]([AsH]c2nc(N(C)C)c3ccccc3n2)CC1. The topological polar surface area (TPSA) is 70.2 Å². The monoisotopic (exact) mass is 527 g/mol. The molecule has 3 aromatic rings. The van der Waals surface area contributed by atoms with E-state index in [1.807, 2.05) is 51.4 Å². The number of nitrogens with one attached hydrogen (secondary N) is 2. The van der Waals surface area contributed by atoms with Crippen molar-refractivity contribution in [2.75, 3.05) is 30.9 Å². The Kier molecular flexibility index (Phi) is 7.77. The molecule has 174 valence electrons. The number of amides is 2. The van der Waals surface area contributed by atoms with E-state index < -0.39 is 15.8 Å². The summed E-state index contributed by atoms with van der Waals surface area (Å²) in [5.74, 6) is 1.53. The van der Waals surface area contributed by atoms with Crippen LogP contribution < -0.4 is 20.1 Å². The molecule has 8 heteroatoms. The fourth-order valence-corrected chi connectivity index (χ4v) is 7.30. The van der Waals surface area contributed by atoms with Gasteiger partial charge in [-0.1, -0.05) is 0 Å². The van der Waals surface area contributed by atoms with Gasteiger partial charge in [-0.05, 0) is 0 Å². The Bertz CT molecular complexity index is 1130. The summed E-state index contributed by atoms with van der Waals surface area (Å²) in [5, 5.41) is 7.72. The van der Waals surface area contributed by atoms with E-state index >= 15 is 0 Å². The number of aromatic nitrogens is 2. The summed E-state index contributed by atoms with van der Waals surface area (Å²) in [5.41, 5.74) is 2.67. The Hall–Kier alpha value is -2.30. The van der Waals surface area contributed by atoms with Crippen LogP contribution >= 0.6 is 11.6 Å². The molecule has 0 aliphatic heterocycles. The number of hydrogen-bond acceptors (Lipinski definition) is 4. The third-order valence-electron chi connectivity index (χ3n) is 6.25. The first-order valence-corrected chi connectivity index (χ1v) is 14.0. The van der Waals surface area contributed by atoms with Gasteiger partial charge in [0.05, 0.1) is 0 Å². The van der Waals surface area contributed by atoms with E-state index in [-0.39, 0.29) is 6.03 Å². The molecule has 1 aliphatic carbocycles. The maximum atomic E-state index is 12.3. The number of carbonyl (C=O) groups is 1. The summed E-state index contributed by atoms with van der Waals surface area (Å²) < 4.78 is 1.76. The van der Waals surface area contributed by atoms with Crippen LogP contribution in [0.5, 0.6) is 0 Å². The molecule has 1 atom stereocenters. The summed E-state index contributed by atoms with van der Waals surface area (Å²) in [6.45, 7) is 2.61. The number of urea groups is 1. The van der Waals surface area contributed by atoms with Gasteiger partial charge in [-0.3, -0.25) is 0 Å². The van der Waals surface area contributed by atoms with Crippen LogP contribution in [0, 0.1) is 12.8 Å². The van der Waals surface area contributed by atoms with Crippen LogP contribution in [0.4, 0.5) is 16.3 Å². The van der Waals surface area contributed by atoms with Gasteiger partial charge in [-0.25, -0.2) is 0 Å². The maximum absolute atomic E-state index is 12.3. The molecule has 1 aromatic heterocycles. The molecule has 0 spiro atoms. The van der Waals surface area contributed by atoms with Gasteiger partial charge in [0.1, 0.15) is 0 Å². The number of benzene rings is 2. The Morgan fingerprint density at radius 1 is 1.09 bits per heavy atom. The van der Waals surface area contributed by atoms with Gasteiger partial charge in [0.15, 0.2) is 0 Å². The average Bonchev–Trinajstić information content (AvgIpc) is 2.81. The first kappa shape index (κ1) is 23.8. The second kappa shape index (κ2) is 10.8. The number of anilines is 2. The minimum atomic E-state index is -0.414. The van der Waals surface area contributed by atoms with Crippen molar-refractivity contribution < 1.29 is 4.79 Å². The number of fused-ring (bicyclic) bond motifs is 1. The van der Waals surface area contributed by atoms with E-state index in [1.54, 1.807) is 0 Å². The Balaban J connectivity index is 1.28. The first-order valence-electron chi connectivity index (χ1n) is 11.4. The van der Waals surface area contributed by atoms with Crippen molar-refractivity contribution in [3.8, 4) is 0 Å². The zero-order chi connectivity index (χ0) is 23.4. The summed E-state index contributed by atoms with van der Waals surface area (Å²) in [6.07, 6.45) is 4.65. The van der Waals surface area contributed by atoms with E-state index in [0.717, 1.165) is 45.4 Å². The average molecular weight is 528 g/mol. The van der Waals surface area contributed by atoms with E-state index in [9.17, 15) is 4.79 Å². The number of hydrogen-bond donors (Lipinski definition) is 2. The Morgan fingerprint density at radius 3 is 2.61 bits per heavy atom. The summed E-state index contributed by atoms with van der Waals surface area (Å²) >= 11 is 5.73.